The lowest BCUT2D eigenvalue weighted by atomic mass is 9.96. The predicted octanol–water partition coefficient (Wildman–Crippen LogP) is 2.79. The molecular formula is C18H25NO4S. The van der Waals surface area contributed by atoms with Crippen molar-refractivity contribution in [1.82, 2.24) is 4.90 Å². The van der Waals surface area contributed by atoms with E-state index < -0.39 is 0 Å². The first-order valence-electron chi connectivity index (χ1n) is 8.63. The Morgan fingerprint density at radius 1 is 1.21 bits per heavy atom. The van der Waals surface area contributed by atoms with Gasteiger partial charge in [0.15, 0.2) is 6.29 Å². The molecule has 2 saturated heterocycles. The largest absolute Gasteiger partial charge is 0.494 e. The first-order valence-corrected chi connectivity index (χ1v) is 9.61. The molecular weight excluding hydrogens is 326 g/mol. The first kappa shape index (κ1) is 17.6. The molecule has 0 aliphatic carbocycles. The number of ether oxygens (including phenoxy) is 3. The van der Waals surface area contributed by atoms with Gasteiger partial charge in [0, 0.05) is 23.9 Å². The number of thioether (sulfide) groups is 1. The van der Waals surface area contributed by atoms with Crippen LogP contribution in [0.4, 0.5) is 0 Å². The second-order valence-electron chi connectivity index (χ2n) is 6.02. The van der Waals surface area contributed by atoms with Crippen LogP contribution in [0.1, 0.15) is 19.8 Å². The monoisotopic (exact) mass is 351 g/mol. The minimum Gasteiger partial charge on any atom is -0.494 e. The Hall–Kier alpha value is -1.24. The van der Waals surface area contributed by atoms with E-state index in [0.717, 1.165) is 36.6 Å². The van der Waals surface area contributed by atoms with Gasteiger partial charge in [-0.15, -0.1) is 11.8 Å². The van der Waals surface area contributed by atoms with E-state index in [4.69, 9.17) is 14.2 Å². The summed E-state index contributed by atoms with van der Waals surface area (Å²) in [4.78, 5) is 15.4. The molecule has 132 valence electrons. The molecule has 2 fully saturated rings. The number of carbonyl (C=O) groups is 1. The second-order valence-corrected chi connectivity index (χ2v) is 7.07. The van der Waals surface area contributed by atoms with Crippen LogP contribution in [0.15, 0.2) is 29.2 Å². The SMILES string of the molecule is CCOc1ccc(SCC(=O)N2CCC(C3OCCO3)CC2)cc1. The number of amides is 1. The molecule has 0 unspecified atom stereocenters. The normalized spacial score (nSPS) is 19.6. The van der Waals surface area contributed by atoms with Gasteiger partial charge in [-0.25, -0.2) is 0 Å². The summed E-state index contributed by atoms with van der Waals surface area (Å²) in [6.07, 6.45) is 1.87. The Bertz CT molecular complexity index is 522. The molecule has 0 saturated carbocycles. The van der Waals surface area contributed by atoms with Crippen LogP contribution >= 0.6 is 11.8 Å². The van der Waals surface area contributed by atoms with Gasteiger partial charge in [0.2, 0.25) is 5.91 Å². The van der Waals surface area contributed by atoms with Crippen molar-refractivity contribution >= 4 is 17.7 Å². The summed E-state index contributed by atoms with van der Waals surface area (Å²) in [6.45, 7) is 5.63. The fraction of sp³-hybridized carbons (Fsp3) is 0.611. The standard InChI is InChI=1S/C18H25NO4S/c1-2-21-15-3-5-16(6-4-15)24-13-17(20)19-9-7-14(8-10-19)18-22-11-12-23-18/h3-6,14,18H,2,7-13H2,1H3. The van der Waals surface area contributed by atoms with Crippen LogP contribution in [-0.2, 0) is 14.3 Å². The number of nitrogens with zero attached hydrogens (tertiary/aromatic N) is 1. The summed E-state index contributed by atoms with van der Waals surface area (Å²) in [5, 5.41) is 0. The topological polar surface area (TPSA) is 48.0 Å². The van der Waals surface area contributed by atoms with Gasteiger partial charge in [-0.05, 0) is 44.0 Å². The molecule has 24 heavy (non-hydrogen) atoms. The third kappa shape index (κ3) is 4.65. The molecule has 0 spiro atoms. The number of benzene rings is 1. The molecule has 0 N–H and O–H groups in total. The molecule has 6 heteroatoms. The third-order valence-corrected chi connectivity index (χ3v) is 5.42. The summed E-state index contributed by atoms with van der Waals surface area (Å²) in [7, 11) is 0. The maximum absolute atomic E-state index is 12.4. The fourth-order valence-electron chi connectivity index (χ4n) is 3.10. The predicted molar refractivity (Wildman–Crippen MR) is 93.3 cm³/mol. The summed E-state index contributed by atoms with van der Waals surface area (Å²) >= 11 is 1.58. The molecule has 2 aliphatic rings. The van der Waals surface area contributed by atoms with E-state index in [9.17, 15) is 4.79 Å². The number of carbonyl (C=O) groups excluding carboxylic acids is 1. The van der Waals surface area contributed by atoms with Crippen molar-refractivity contribution in [1.29, 1.82) is 0 Å². The van der Waals surface area contributed by atoms with Gasteiger partial charge in [0.1, 0.15) is 5.75 Å². The van der Waals surface area contributed by atoms with Crippen molar-refractivity contribution in [2.75, 3.05) is 38.7 Å². The zero-order valence-corrected chi connectivity index (χ0v) is 14.9. The van der Waals surface area contributed by atoms with Gasteiger partial charge in [0.25, 0.3) is 0 Å². The van der Waals surface area contributed by atoms with Crippen LogP contribution in [0, 0.1) is 5.92 Å². The zero-order valence-electron chi connectivity index (χ0n) is 14.1. The van der Waals surface area contributed by atoms with Gasteiger partial charge in [-0.1, -0.05) is 0 Å². The van der Waals surface area contributed by atoms with Gasteiger partial charge in [-0.3, -0.25) is 4.79 Å². The van der Waals surface area contributed by atoms with E-state index in [1.54, 1.807) is 11.8 Å². The van der Waals surface area contributed by atoms with Crippen molar-refractivity contribution in [3.63, 3.8) is 0 Å². The van der Waals surface area contributed by atoms with Crippen molar-refractivity contribution in [3.05, 3.63) is 24.3 Å². The van der Waals surface area contributed by atoms with E-state index in [-0.39, 0.29) is 12.2 Å². The Morgan fingerprint density at radius 3 is 2.50 bits per heavy atom. The van der Waals surface area contributed by atoms with Crippen LogP contribution in [0.2, 0.25) is 0 Å². The summed E-state index contributed by atoms with van der Waals surface area (Å²) in [5.74, 6) is 1.98. The number of piperidine rings is 1. The quantitative estimate of drug-likeness (QED) is 0.738. The molecule has 0 bridgehead atoms. The van der Waals surface area contributed by atoms with Gasteiger partial charge in [0.05, 0.1) is 25.6 Å². The van der Waals surface area contributed by atoms with E-state index in [2.05, 4.69) is 0 Å². The first-order chi connectivity index (χ1) is 11.8. The lowest BCUT2D eigenvalue weighted by molar-refractivity contribution is -0.134. The van der Waals surface area contributed by atoms with Gasteiger partial charge in [-0.2, -0.15) is 0 Å². The average molecular weight is 351 g/mol. The van der Waals surface area contributed by atoms with Crippen LogP contribution in [0.5, 0.6) is 5.75 Å². The van der Waals surface area contributed by atoms with Crippen molar-refractivity contribution in [3.8, 4) is 5.75 Å². The minimum atomic E-state index is -0.0551. The van der Waals surface area contributed by atoms with Gasteiger partial charge >= 0.3 is 0 Å². The van der Waals surface area contributed by atoms with E-state index >= 15 is 0 Å². The molecule has 1 amide bonds. The highest BCUT2D eigenvalue weighted by atomic mass is 32.2. The minimum absolute atomic E-state index is 0.0551. The summed E-state index contributed by atoms with van der Waals surface area (Å²) in [6, 6.07) is 7.90. The van der Waals surface area contributed by atoms with E-state index in [0.29, 0.717) is 31.5 Å². The fourth-order valence-corrected chi connectivity index (χ4v) is 3.91. The summed E-state index contributed by atoms with van der Waals surface area (Å²) < 4.78 is 16.6. The average Bonchev–Trinajstić information content (AvgIpc) is 3.16. The van der Waals surface area contributed by atoms with Crippen LogP contribution in [0.25, 0.3) is 0 Å². The second kappa shape index (κ2) is 8.74. The lowest BCUT2D eigenvalue weighted by Crippen LogP contribution is -2.42. The molecule has 5 nitrogen and oxygen atoms in total. The molecule has 0 radical (unpaired) electrons. The molecule has 0 atom stereocenters. The molecule has 1 aromatic rings. The summed E-state index contributed by atoms with van der Waals surface area (Å²) in [5.41, 5.74) is 0. The third-order valence-electron chi connectivity index (χ3n) is 4.42. The lowest BCUT2D eigenvalue weighted by Gasteiger charge is -2.33. The van der Waals surface area contributed by atoms with Crippen LogP contribution in [-0.4, -0.2) is 55.8 Å². The van der Waals surface area contributed by atoms with Crippen molar-refractivity contribution < 1.29 is 19.0 Å². The Labute approximate surface area is 147 Å². The van der Waals surface area contributed by atoms with E-state index in [1.807, 2.05) is 36.1 Å². The Kier molecular flexibility index (Phi) is 6.40. The van der Waals surface area contributed by atoms with Crippen LogP contribution < -0.4 is 4.74 Å². The number of likely N-dealkylation sites (tertiary alicyclic amines) is 1. The number of rotatable bonds is 6. The Balaban J connectivity index is 1.40. The van der Waals surface area contributed by atoms with Crippen LogP contribution in [0.3, 0.4) is 0 Å². The number of hydrogen-bond donors (Lipinski definition) is 0. The molecule has 0 aromatic heterocycles. The molecule has 2 heterocycles. The highest BCUT2D eigenvalue weighted by Gasteiger charge is 2.31. The van der Waals surface area contributed by atoms with Crippen molar-refractivity contribution in [2.45, 2.75) is 31.0 Å². The van der Waals surface area contributed by atoms with Crippen molar-refractivity contribution in [2.24, 2.45) is 5.92 Å². The highest BCUT2D eigenvalue weighted by molar-refractivity contribution is 8.00. The number of hydrogen-bond acceptors (Lipinski definition) is 5. The molecule has 3 rings (SSSR count). The maximum Gasteiger partial charge on any atom is 0.232 e. The molecule has 1 aromatic carbocycles. The maximum atomic E-state index is 12.4. The highest BCUT2D eigenvalue weighted by Crippen LogP contribution is 2.27. The molecule has 2 aliphatic heterocycles. The van der Waals surface area contributed by atoms with E-state index in [1.165, 1.54) is 0 Å². The smallest absolute Gasteiger partial charge is 0.232 e. The zero-order chi connectivity index (χ0) is 16.8. The Morgan fingerprint density at radius 2 is 1.88 bits per heavy atom. The van der Waals surface area contributed by atoms with Gasteiger partial charge < -0.3 is 19.1 Å².